The summed E-state index contributed by atoms with van der Waals surface area (Å²) < 4.78 is 26.9. The van der Waals surface area contributed by atoms with Crippen LogP contribution in [0.2, 0.25) is 0 Å². The monoisotopic (exact) mass is 458 g/mol. The predicted molar refractivity (Wildman–Crippen MR) is 121 cm³/mol. The number of carbonyl (C=O) groups excluding carboxylic acids is 2. The zero-order valence-corrected chi connectivity index (χ0v) is 17.9. The van der Waals surface area contributed by atoms with E-state index in [0.717, 1.165) is 11.3 Å². The van der Waals surface area contributed by atoms with E-state index in [9.17, 15) is 14.0 Å². The van der Waals surface area contributed by atoms with Crippen molar-refractivity contribution >= 4 is 17.7 Å². The summed E-state index contributed by atoms with van der Waals surface area (Å²) in [7, 11) is 0. The highest BCUT2D eigenvalue weighted by Crippen LogP contribution is 2.26. The third kappa shape index (κ3) is 4.36. The summed E-state index contributed by atoms with van der Waals surface area (Å²) in [6.07, 6.45) is 3.67. The van der Waals surface area contributed by atoms with Gasteiger partial charge in [0.05, 0.1) is 29.7 Å². The Bertz CT molecular complexity index is 1330. The van der Waals surface area contributed by atoms with Gasteiger partial charge in [-0.15, -0.1) is 0 Å². The van der Waals surface area contributed by atoms with Gasteiger partial charge in [0.25, 0.3) is 0 Å². The molecule has 8 nitrogen and oxygen atoms in total. The molecule has 170 valence electrons. The molecule has 1 amide bonds. The number of pyridine rings is 1. The largest absolute Gasteiger partial charge is 0.458 e. The molecular formula is C25H19FN4O4. The van der Waals surface area contributed by atoms with Crippen LogP contribution in [0.4, 0.5) is 14.9 Å². The minimum Gasteiger partial charge on any atom is -0.458 e. The molecule has 0 bridgehead atoms. The van der Waals surface area contributed by atoms with Gasteiger partial charge in [0.15, 0.2) is 11.9 Å². The van der Waals surface area contributed by atoms with E-state index in [0.29, 0.717) is 11.3 Å². The van der Waals surface area contributed by atoms with E-state index >= 15 is 0 Å². The van der Waals surface area contributed by atoms with E-state index < -0.39 is 24.0 Å². The molecule has 0 spiro atoms. The maximum absolute atomic E-state index is 14.9. The van der Waals surface area contributed by atoms with Crippen molar-refractivity contribution in [2.45, 2.75) is 6.10 Å². The summed E-state index contributed by atoms with van der Waals surface area (Å²) in [5.74, 6) is -1.06. The van der Waals surface area contributed by atoms with Gasteiger partial charge in [-0.2, -0.15) is 5.10 Å². The smallest absolute Gasteiger partial charge is 0.414 e. The fourth-order valence-electron chi connectivity index (χ4n) is 3.62. The molecule has 0 saturated carbocycles. The number of anilines is 1. The van der Waals surface area contributed by atoms with Crippen LogP contribution in [0.3, 0.4) is 0 Å². The number of halogens is 1. The van der Waals surface area contributed by atoms with Crippen molar-refractivity contribution in [3.8, 4) is 16.9 Å². The molecule has 34 heavy (non-hydrogen) atoms. The van der Waals surface area contributed by atoms with Gasteiger partial charge in [0.2, 0.25) is 0 Å². The molecule has 2 aromatic carbocycles. The number of rotatable bonds is 6. The maximum atomic E-state index is 14.9. The molecule has 0 unspecified atom stereocenters. The second-order valence-corrected chi connectivity index (χ2v) is 7.61. The van der Waals surface area contributed by atoms with Crippen LogP contribution in [0.5, 0.6) is 0 Å². The van der Waals surface area contributed by atoms with E-state index in [-0.39, 0.29) is 18.8 Å². The second kappa shape index (κ2) is 9.14. The molecule has 1 saturated heterocycles. The fraction of sp³-hybridized carbons (Fsp3) is 0.120. The van der Waals surface area contributed by atoms with Gasteiger partial charge in [-0.3, -0.25) is 9.88 Å². The van der Waals surface area contributed by atoms with Gasteiger partial charge in [-0.25, -0.2) is 18.7 Å². The molecule has 1 fully saturated rings. The van der Waals surface area contributed by atoms with Crippen LogP contribution in [0.1, 0.15) is 10.4 Å². The molecule has 5 rings (SSSR count). The van der Waals surface area contributed by atoms with Crippen LogP contribution in [-0.4, -0.2) is 46.1 Å². The number of ether oxygens (including phenoxy) is 2. The summed E-state index contributed by atoms with van der Waals surface area (Å²) in [4.78, 5) is 30.0. The highest BCUT2D eigenvalue weighted by molar-refractivity contribution is 5.90. The number of hydrogen-bond acceptors (Lipinski definition) is 6. The standard InChI is InChI=1S/C25H19FN4O4/c26-21-12-19(9-10-23(21)30-14-18(13-28-30)22-8-4-5-11-27-22)29-15-20(34-25(29)32)16-33-24(31)17-6-2-1-3-7-17/h1-14,20H,15-16H2/t20-/m1/s1. The molecule has 3 heterocycles. The van der Waals surface area contributed by atoms with Crippen molar-refractivity contribution in [2.75, 3.05) is 18.1 Å². The van der Waals surface area contributed by atoms with Crippen molar-refractivity contribution in [1.29, 1.82) is 0 Å². The Morgan fingerprint density at radius 2 is 1.94 bits per heavy atom. The van der Waals surface area contributed by atoms with Gasteiger partial charge < -0.3 is 9.47 Å². The van der Waals surface area contributed by atoms with Crippen molar-refractivity contribution in [3.05, 3.63) is 96.7 Å². The lowest BCUT2D eigenvalue weighted by molar-refractivity contribution is 0.0300. The number of nitrogens with zero attached hydrogens (tertiary/aromatic N) is 4. The van der Waals surface area contributed by atoms with Gasteiger partial charge >= 0.3 is 12.1 Å². The summed E-state index contributed by atoms with van der Waals surface area (Å²) >= 11 is 0. The zero-order chi connectivity index (χ0) is 23.5. The van der Waals surface area contributed by atoms with Gasteiger partial charge in [0.1, 0.15) is 12.3 Å². The van der Waals surface area contributed by atoms with E-state index in [1.165, 1.54) is 21.7 Å². The SMILES string of the molecule is O=C(OC[C@H]1CN(c2ccc(-n3cc(-c4ccccn4)cn3)c(F)c2)C(=O)O1)c1ccccc1. The normalized spacial score (nSPS) is 15.3. The zero-order valence-electron chi connectivity index (χ0n) is 17.9. The molecule has 1 aliphatic rings. The third-order valence-electron chi connectivity index (χ3n) is 5.32. The van der Waals surface area contributed by atoms with Crippen LogP contribution < -0.4 is 4.90 Å². The predicted octanol–water partition coefficient (Wildman–Crippen LogP) is 4.26. The van der Waals surface area contributed by atoms with Crippen LogP contribution in [0.25, 0.3) is 16.9 Å². The molecule has 2 aromatic heterocycles. The second-order valence-electron chi connectivity index (χ2n) is 7.61. The number of hydrogen-bond donors (Lipinski definition) is 0. The van der Waals surface area contributed by atoms with E-state index in [2.05, 4.69) is 10.1 Å². The van der Waals surface area contributed by atoms with Crippen molar-refractivity contribution in [3.63, 3.8) is 0 Å². The molecule has 9 heteroatoms. The summed E-state index contributed by atoms with van der Waals surface area (Å²) in [5, 5.41) is 4.23. The Hall–Kier alpha value is -4.53. The average Bonchev–Trinajstić information content (AvgIpc) is 3.50. The molecular weight excluding hydrogens is 439 g/mol. The van der Waals surface area contributed by atoms with Crippen LogP contribution in [-0.2, 0) is 9.47 Å². The van der Waals surface area contributed by atoms with Crippen molar-refractivity contribution in [2.24, 2.45) is 0 Å². The van der Waals surface area contributed by atoms with E-state index in [1.54, 1.807) is 55.0 Å². The lowest BCUT2D eigenvalue weighted by atomic mass is 10.2. The van der Waals surface area contributed by atoms with Crippen molar-refractivity contribution in [1.82, 2.24) is 14.8 Å². The number of benzene rings is 2. The highest BCUT2D eigenvalue weighted by Gasteiger charge is 2.33. The van der Waals surface area contributed by atoms with Crippen LogP contribution in [0.15, 0.2) is 85.3 Å². The van der Waals surface area contributed by atoms with E-state index in [1.807, 2.05) is 18.2 Å². The Morgan fingerprint density at radius 1 is 1.12 bits per heavy atom. The molecule has 0 aliphatic carbocycles. The van der Waals surface area contributed by atoms with Crippen molar-refractivity contribution < 1.29 is 23.5 Å². The number of cyclic esters (lactones) is 1. The Kier molecular flexibility index (Phi) is 5.73. The molecule has 4 aromatic rings. The number of carbonyl (C=O) groups is 2. The first-order chi connectivity index (χ1) is 16.6. The molecule has 0 N–H and O–H groups in total. The van der Waals surface area contributed by atoms with Crippen LogP contribution >= 0.6 is 0 Å². The first kappa shape index (κ1) is 21.3. The lowest BCUT2D eigenvalue weighted by Gasteiger charge is -2.14. The topological polar surface area (TPSA) is 86.5 Å². The minimum absolute atomic E-state index is 0.0971. The lowest BCUT2D eigenvalue weighted by Crippen LogP contribution is -2.26. The quantitative estimate of drug-likeness (QED) is 0.402. The first-order valence-electron chi connectivity index (χ1n) is 10.5. The maximum Gasteiger partial charge on any atom is 0.414 e. The third-order valence-corrected chi connectivity index (χ3v) is 5.32. The van der Waals surface area contributed by atoms with Gasteiger partial charge in [0, 0.05) is 18.0 Å². The summed E-state index contributed by atoms with van der Waals surface area (Å²) in [5.41, 5.74) is 2.45. The highest BCUT2D eigenvalue weighted by atomic mass is 19.1. The molecule has 0 radical (unpaired) electrons. The average molecular weight is 458 g/mol. The number of aromatic nitrogens is 3. The Morgan fingerprint density at radius 3 is 2.71 bits per heavy atom. The van der Waals surface area contributed by atoms with Gasteiger partial charge in [-0.1, -0.05) is 24.3 Å². The Balaban J connectivity index is 1.26. The van der Waals surface area contributed by atoms with E-state index in [4.69, 9.17) is 9.47 Å². The first-order valence-corrected chi connectivity index (χ1v) is 10.5. The molecule has 1 aliphatic heterocycles. The van der Waals surface area contributed by atoms with Crippen LogP contribution in [0, 0.1) is 5.82 Å². The summed E-state index contributed by atoms with van der Waals surface area (Å²) in [6.45, 7) is 0.0331. The summed E-state index contributed by atoms with van der Waals surface area (Å²) in [6, 6.07) is 18.4. The number of amides is 1. The molecule has 1 atom stereocenters. The fourth-order valence-corrected chi connectivity index (χ4v) is 3.62. The minimum atomic E-state index is -0.657. The van der Waals surface area contributed by atoms with Gasteiger partial charge in [-0.05, 0) is 42.5 Å². The Labute approximate surface area is 194 Å². The number of esters is 1.